The van der Waals surface area contributed by atoms with E-state index in [0.29, 0.717) is 5.56 Å². The number of aryl methyl sites for hydroxylation is 2. The smallest absolute Gasteiger partial charge is 0.308 e. The monoisotopic (exact) mass is 271 g/mol. The molecular formula is C16H17NO3. The number of carboxylic acids is 1. The first kappa shape index (κ1) is 14.1. The summed E-state index contributed by atoms with van der Waals surface area (Å²) in [5, 5.41) is 8.80. The second-order valence-corrected chi connectivity index (χ2v) is 5.00. The second kappa shape index (κ2) is 5.33. The van der Waals surface area contributed by atoms with Gasteiger partial charge in [0.15, 0.2) is 0 Å². The number of aliphatic carboxylic acids is 1. The molecule has 0 aliphatic rings. The van der Waals surface area contributed by atoms with Gasteiger partial charge in [0.2, 0.25) is 0 Å². The minimum atomic E-state index is -0.999. The quantitative estimate of drug-likeness (QED) is 0.931. The lowest BCUT2D eigenvalue weighted by molar-refractivity contribution is -0.136. The molecule has 4 heteroatoms. The number of hydrogen-bond acceptors (Lipinski definition) is 2. The van der Waals surface area contributed by atoms with Crippen LogP contribution in [0.2, 0.25) is 0 Å². The van der Waals surface area contributed by atoms with Crippen LogP contribution in [0.1, 0.15) is 16.7 Å². The highest BCUT2D eigenvalue weighted by atomic mass is 16.4. The molecule has 0 bridgehead atoms. The van der Waals surface area contributed by atoms with Crippen molar-refractivity contribution in [2.75, 3.05) is 0 Å². The van der Waals surface area contributed by atoms with E-state index >= 15 is 0 Å². The maximum atomic E-state index is 12.2. The molecule has 104 valence electrons. The Balaban J connectivity index is 2.57. The topological polar surface area (TPSA) is 59.3 Å². The highest BCUT2D eigenvalue weighted by Crippen LogP contribution is 2.23. The molecule has 20 heavy (non-hydrogen) atoms. The summed E-state index contributed by atoms with van der Waals surface area (Å²) >= 11 is 0. The zero-order valence-corrected chi connectivity index (χ0v) is 11.8. The van der Waals surface area contributed by atoms with Crippen LogP contribution in [0, 0.1) is 13.8 Å². The van der Waals surface area contributed by atoms with Crippen molar-refractivity contribution in [2.24, 2.45) is 7.05 Å². The van der Waals surface area contributed by atoms with Crippen molar-refractivity contribution in [2.45, 2.75) is 20.3 Å². The number of hydrogen-bond donors (Lipinski definition) is 1. The van der Waals surface area contributed by atoms with Gasteiger partial charge in [-0.1, -0.05) is 29.8 Å². The third kappa shape index (κ3) is 2.64. The first-order valence-electron chi connectivity index (χ1n) is 6.38. The van der Waals surface area contributed by atoms with Crippen LogP contribution in [0.25, 0.3) is 11.3 Å². The van der Waals surface area contributed by atoms with Crippen LogP contribution in [0.5, 0.6) is 0 Å². The zero-order chi connectivity index (χ0) is 14.9. The van der Waals surface area contributed by atoms with E-state index in [1.807, 2.05) is 26.0 Å². The van der Waals surface area contributed by atoms with Crippen LogP contribution in [0.15, 0.2) is 35.1 Å². The summed E-state index contributed by atoms with van der Waals surface area (Å²) in [5.74, 6) is -0.999. The van der Waals surface area contributed by atoms with E-state index in [1.54, 1.807) is 19.2 Å². The average Bonchev–Trinajstić information content (AvgIpc) is 2.36. The van der Waals surface area contributed by atoms with E-state index < -0.39 is 5.97 Å². The van der Waals surface area contributed by atoms with Crippen molar-refractivity contribution < 1.29 is 9.90 Å². The van der Waals surface area contributed by atoms with Crippen molar-refractivity contribution in [3.63, 3.8) is 0 Å². The normalized spacial score (nSPS) is 10.6. The summed E-state index contributed by atoms with van der Waals surface area (Å²) in [6.07, 6.45) is -0.250. The van der Waals surface area contributed by atoms with Crippen LogP contribution >= 0.6 is 0 Å². The number of benzene rings is 1. The van der Waals surface area contributed by atoms with Gasteiger partial charge < -0.3 is 9.67 Å². The number of carbonyl (C=O) groups is 1. The molecule has 1 aromatic carbocycles. The van der Waals surface area contributed by atoms with Crippen LogP contribution in [-0.2, 0) is 18.3 Å². The molecule has 0 spiro atoms. The zero-order valence-electron chi connectivity index (χ0n) is 11.8. The van der Waals surface area contributed by atoms with Crippen molar-refractivity contribution >= 4 is 5.97 Å². The lowest BCUT2D eigenvalue weighted by atomic mass is 10.0. The molecule has 2 aromatic rings. The maximum Gasteiger partial charge on any atom is 0.308 e. The summed E-state index contributed by atoms with van der Waals surface area (Å²) in [6.45, 7) is 4.02. The highest BCUT2D eigenvalue weighted by Gasteiger charge is 2.11. The van der Waals surface area contributed by atoms with Gasteiger partial charge in [-0.2, -0.15) is 0 Å². The van der Waals surface area contributed by atoms with Gasteiger partial charge >= 0.3 is 5.97 Å². The van der Waals surface area contributed by atoms with Crippen LogP contribution in [0.4, 0.5) is 0 Å². The molecule has 0 aliphatic heterocycles. The van der Waals surface area contributed by atoms with Crippen LogP contribution < -0.4 is 5.56 Å². The van der Waals surface area contributed by atoms with Crippen LogP contribution in [0.3, 0.4) is 0 Å². The SMILES string of the molecule is Cc1ccc(-c2ccc(CC(=O)O)c(=O)n2C)c(C)c1. The Bertz CT molecular complexity index is 729. The fourth-order valence-electron chi connectivity index (χ4n) is 2.36. The Morgan fingerprint density at radius 3 is 2.50 bits per heavy atom. The first-order valence-corrected chi connectivity index (χ1v) is 6.38. The van der Waals surface area contributed by atoms with E-state index in [0.717, 1.165) is 16.8 Å². The maximum absolute atomic E-state index is 12.2. The summed E-state index contributed by atoms with van der Waals surface area (Å²) in [7, 11) is 1.67. The molecule has 0 saturated heterocycles. The van der Waals surface area contributed by atoms with Crippen molar-refractivity contribution in [3.8, 4) is 11.3 Å². The fourth-order valence-corrected chi connectivity index (χ4v) is 2.36. The predicted molar refractivity (Wildman–Crippen MR) is 77.9 cm³/mol. The Kier molecular flexibility index (Phi) is 3.74. The Hall–Kier alpha value is -2.36. The molecule has 0 saturated carbocycles. The molecule has 0 unspecified atom stereocenters. The molecule has 1 aromatic heterocycles. The van der Waals surface area contributed by atoms with Gasteiger partial charge in [0.25, 0.3) is 5.56 Å². The molecule has 4 nitrogen and oxygen atoms in total. The number of rotatable bonds is 3. The first-order chi connectivity index (χ1) is 9.40. The fraction of sp³-hybridized carbons (Fsp3) is 0.250. The lowest BCUT2D eigenvalue weighted by Gasteiger charge is -2.12. The third-order valence-corrected chi connectivity index (χ3v) is 3.38. The summed E-state index contributed by atoms with van der Waals surface area (Å²) < 4.78 is 1.51. The van der Waals surface area contributed by atoms with Crippen molar-refractivity contribution in [1.82, 2.24) is 4.57 Å². The minimum absolute atomic E-state index is 0.250. The molecule has 0 aliphatic carbocycles. The molecule has 0 amide bonds. The molecule has 0 fully saturated rings. The van der Waals surface area contributed by atoms with Gasteiger partial charge in [-0.05, 0) is 25.5 Å². The predicted octanol–water partition coefficient (Wildman–Crippen LogP) is 2.30. The Labute approximate surface area is 117 Å². The van der Waals surface area contributed by atoms with E-state index in [2.05, 4.69) is 6.07 Å². The van der Waals surface area contributed by atoms with Gasteiger partial charge in [-0.3, -0.25) is 9.59 Å². The summed E-state index contributed by atoms with van der Waals surface area (Å²) in [6, 6.07) is 9.45. The van der Waals surface area contributed by atoms with Crippen molar-refractivity contribution in [3.05, 3.63) is 57.4 Å². The second-order valence-electron chi connectivity index (χ2n) is 5.00. The van der Waals surface area contributed by atoms with Gasteiger partial charge in [0.1, 0.15) is 0 Å². The number of nitrogens with zero attached hydrogens (tertiary/aromatic N) is 1. The molecule has 0 radical (unpaired) electrons. The number of carboxylic acid groups (broad SMARTS) is 1. The Morgan fingerprint density at radius 1 is 1.20 bits per heavy atom. The van der Waals surface area contributed by atoms with Gasteiger partial charge in [-0.25, -0.2) is 0 Å². The minimum Gasteiger partial charge on any atom is -0.481 e. The molecule has 1 N–H and O–H groups in total. The lowest BCUT2D eigenvalue weighted by Crippen LogP contribution is -2.24. The van der Waals surface area contributed by atoms with Gasteiger partial charge in [0, 0.05) is 18.2 Å². The van der Waals surface area contributed by atoms with Crippen LogP contribution in [-0.4, -0.2) is 15.6 Å². The van der Waals surface area contributed by atoms with E-state index in [1.165, 1.54) is 10.1 Å². The Morgan fingerprint density at radius 2 is 1.90 bits per heavy atom. The molecule has 2 rings (SSSR count). The third-order valence-electron chi connectivity index (χ3n) is 3.38. The number of aromatic nitrogens is 1. The number of pyridine rings is 1. The van der Waals surface area contributed by atoms with Crippen molar-refractivity contribution in [1.29, 1.82) is 0 Å². The molecular weight excluding hydrogens is 254 g/mol. The standard InChI is InChI=1S/C16H17NO3/c1-10-4-6-13(11(2)8-10)14-7-5-12(9-15(18)19)16(20)17(14)3/h4-8H,9H2,1-3H3,(H,18,19). The van der Waals surface area contributed by atoms with E-state index in [9.17, 15) is 9.59 Å². The largest absolute Gasteiger partial charge is 0.481 e. The molecule has 1 heterocycles. The van der Waals surface area contributed by atoms with Gasteiger partial charge in [-0.15, -0.1) is 0 Å². The summed E-state index contributed by atoms with van der Waals surface area (Å²) in [5.41, 5.74) is 4.07. The summed E-state index contributed by atoms with van der Waals surface area (Å²) in [4.78, 5) is 22.9. The highest BCUT2D eigenvalue weighted by molar-refractivity contribution is 5.71. The van der Waals surface area contributed by atoms with E-state index in [4.69, 9.17) is 5.11 Å². The average molecular weight is 271 g/mol. The molecule has 0 atom stereocenters. The van der Waals surface area contributed by atoms with E-state index in [-0.39, 0.29) is 12.0 Å². The van der Waals surface area contributed by atoms with Gasteiger partial charge in [0.05, 0.1) is 12.1 Å².